The number of rotatable bonds is 44. The SMILES string of the molecule is CCCCCCCCCCCCCC/C=C\CCCCCCCCCCCC(=O)NC(CO)C(O)/C=C/CCCCCCCCCCCCCCCC. The lowest BCUT2D eigenvalue weighted by Gasteiger charge is -2.20. The molecule has 0 aromatic carbocycles. The van der Waals surface area contributed by atoms with Crippen LogP contribution >= 0.6 is 0 Å². The summed E-state index contributed by atoms with van der Waals surface area (Å²) >= 11 is 0. The summed E-state index contributed by atoms with van der Waals surface area (Å²) in [7, 11) is 0. The second-order valence-electron chi connectivity index (χ2n) is 16.5. The monoisotopic (exact) mass is 746 g/mol. The molecule has 0 aliphatic carbocycles. The van der Waals surface area contributed by atoms with E-state index in [9.17, 15) is 15.0 Å². The molecule has 2 unspecified atom stereocenters. The van der Waals surface area contributed by atoms with Crippen LogP contribution in [-0.2, 0) is 4.79 Å². The summed E-state index contributed by atoms with van der Waals surface area (Å²) in [4.78, 5) is 12.4. The van der Waals surface area contributed by atoms with Crippen LogP contribution in [0, 0.1) is 0 Å². The lowest BCUT2D eigenvalue weighted by molar-refractivity contribution is -0.123. The highest BCUT2D eigenvalue weighted by Crippen LogP contribution is 2.16. The third kappa shape index (κ3) is 41.9. The first-order valence-electron chi connectivity index (χ1n) is 24.1. The van der Waals surface area contributed by atoms with Gasteiger partial charge in [-0.3, -0.25) is 4.79 Å². The molecule has 0 spiro atoms. The highest BCUT2D eigenvalue weighted by Gasteiger charge is 2.18. The summed E-state index contributed by atoms with van der Waals surface area (Å²) < 4.78 is 0. The summed E-state index contributed by atoms with van der Waals surface area (Å²) in [5.74, 6) is -0.0633. The maximum atomic E-state index is 12.4. The predicted molar refractivity (Wildman–Crippen MR) is 235 cm³/mol. The number of unbranched alkanes of at least 4 members (excludes halogenated alkanes) is 35. The Hall–Kier alpha value is -1.13. The van der Waals surface area contributed by atoms with Crippen molar-refractivity contribution in [1.29, 1.82) is 0 Å². The summed E-state index contributed by atoms with van der Waals surface area (Å²) in [5.41, 5.74) is 0. The van der Waals surface area contributed by atoms with Gasteiger partial charge < -0.3 is 15.5 Å². The van der Waals surface area contributed by atoms with Gasteiger partial charge in [-0.15, -0.1) is 0 Å². The van der Waals surface area contributed by atoms with Crippen molar-refractivity contribution in [3.63, 3.8) is 0 Å². The second kappa shape index (κ2) is 45.3. The van der Waals surface area contributed by atoms with E-state index in [-0.39, 0.29) is 12.5 Å². The fourth-order valence-corrected chi connectivity index (χ4v) is 7.47. The summed E-state index contributed by atoms with van der Waals surface area (Å²) in [6, 6.07) is -0.621. The first-order valence-corrected chi connectivity index (χ1v) is 24.1. The Morgan fingerprint density at radius 3 is 1.04 bits per heavy atom. The van der Waals surface area contributed by atoms with Gasteiger partial charge >= 0.3 is 0 Å². The molecule has 0 aromatic rings. The maximum Gasteiger partial charge on any atom is 0.220 e. The maximum absolute atomic E-state index is 12.4. The fourth-order valence-electron chi connectivity index (χ4n) is 7.47. The lowest BCUT2D eigenvalue weighted by atomic mass is 10.0. The molecule has 0 radical (unpaired) electrons. The zero-order valence-electron chi connectivity index (χ0n) is 36.1. The van der Waals surface area contributed by atoms with Gasteiger partial charge in [0, 0.05) is 6.42 Å². The summed E-state index contributed by atoms with van der Waals surface area (Å²) in [5, 5.41) is 23.1. The van der Waals surface area contributed by atoms with Crippen LogP contribution in [0.4, 0.5) is 0 Å². The van der Waals surface area contributed by atoms with E-state index < -0.39 is 12.1 Å². The standard InChI is InChI=1S/C49H95NO3/c1-3-5-7-9-11-13-15-17-19-21-22-23-24-25-26-27-28-29-31-33-35-37-39-41-43-45-49(53)50-47(46-51)48(52)44-42-40-38-36-34-32-30-20-18-16-14-12-10-8-6-4-2/h25-26,42,44,47-48,51-52H,3-24,27-41,43,45-46H2,1-2H3,(H,50,53)/b26-25-,44-42+. The third-order valence-corrected chi connectivity index (χ3v) is 11.2. The molecule has 53 heavy (non-hydrogen) atoms. The van der Waals surface area contributed by atoms with Crippen molar-refractivity contribution in [3.8, 4) is 0 Å². The number of nitrogens with one attached hydrogen (secondary N) is 1. The molecule has 0 aliphatic rings. The molecule has 3 N–H and O–H groups in total. The van der Waals surface area contributed by atoms with E-state index in [1.54, 1.807) is 6.08 Å². The Morgan fingerprint density at radius 1 is 0.434 bits per heavy atom. The van der Waals surface area contributed by atoms with Gasteiger partial charge in [0.2, 0.25) is 5.91 Å². The molecule has 1 amide bonds. The highest BCUT2D eigenvalue weighted by atomic mass is 16.3. The number of hydrogen-bond acceptors (Lipinski definition) is 3. The molecule has 2 atom stereocenters. The second-order valence-corrected chi connectivity index (χ2v) is 16.5. The Morgan fingerprint density at radius 2 is 0.717 bits per heavy atom. The van der Waals surface area contributed by atoms with Crippen LogP contribution in [0.1, 0.15) is 264 Å². The summed E-state index contributed by atoms with van der Waals surface area (Å²) in [6.07, 6.45) is 58.7. The molecular formula is C49H95NO3. The van der Waals surface area contributed by atoms with Crippen LogP contribution in [0.2, 0.25) is 0 Å². The van der Waals surface area contributed by atoms with E-state index in [0.29, 0.717) is 6.42 Å². The number of aliphatic hydroxyl groups is 2. The van der Waals surface area contributed by atoms with Crippen LogP contribution in [0.15, 0.2) is 24.3 Å². The molecule has 0 rings (SSSR count). The molecular weight excluding hydrogens is 651 g/mol. The zero-order valence-corrected chi connectivity index (χ0v) is 36.1. The van der Waals surface area contributed by atoms with Crippen molar-refractivity contribution in [2.75, 3.05) is 6.61 Å². The smallest absolute Gasteiger partial charge is 0.220 e. The van der Waals surface area contributed by atoms with Gasteiger partial charge in [0.25, 0.3) is 0 Å². The fraction of sp³-hybridized carbons (Fsp3) is 0.898. The van der Waals surface area contributed by atoms with Crippen LogP contribution in [0.5, 0.6) is 0 Å². The van der Waals surface area contributed by atoms with Crippen LogP contribution in [0.25, 0.3) is 0 Å². The van der Waals surface area contributed by atoms with E-state index in [2.05, 4.69) is 31.3 Å². The average Bonchev–Trinajstić information content (AvgIpc) is 3.16. The molecule has 0 saturated heterocycles. The number of amides is 1. The first kappa shape index (κ1) is 51.9. The van der Waals surface area contributed by atoms with Crippen molar-refractivity contribution in [3.05, 3.63) is 24.3 Å². The van der Waals surface area contributed by atoms with Gasteiger partial charge in [0.15, 0.2) is 0 Å². The number of carbonyl (C=O) groups excluding carboxylic acids is 1. The molecule has 4 nitrogen and oxygen atoms in total. The number of allylic oxidation sites excluding steroid dienone is 3. The third-order valence-electron chi connectivity index (χ3n) is 11.2. The van der Waals surface area contributed by atoms with Gasteiger partial charge in [0.1, 0.15) is 0 Å². The van der Waals surface area contributed by atoms with Crippen molar-refractivity contribution >= 4 is 5.91 Å². The van der Waals surface area contributed by atoms with E-state index in [1.807, 2.05) is 6.08 Å². The topological polar surface area (TPSA) is 69.6 Å². The number of carbonyl (C=O) groups is 1. The minimum absolute atomic E-state index is 0.0633. The Kier molecular flexibility index (Phi) is 44.3. The molecule has 0 bridgehead atoms. The summed E-state index contributed by atoms with van der Waals surface area (Å²) in [6.45, 7) is 4.33. The van der Waals surface area contributed by atoms with Crippen LogP contribution < -0.4 is 5.32 Å². The quantitative estimate of drug-likeness (QED) is 0.0430. The van der Waals surface area contributed by atoms with Gasteiger partial charge in [-0.2, -0.15) is 0 Å². The Bertz CT molecular complexity index is 765. The van der Waals surface area contributed by atoms with E-state index >= 15 is 0 Å². The van der Waals surface area contributed by atoms with Crippen LogP contribution in [-0.4, -0.2) is 34.9 Å². The normalized spacial score (nSPS) is 13.1. The number of aliphatic hydroxyl groups excluding tert-OH is 2. The van der Waals surface area contributed by atoms with Crippen molar-refractivity contribution in [1.82, 2.24) is 5.32 Å². The predicted octanol–water partition coefficient (Wildman–Crippen LogP) is 15.2. The molecule has 314 valence electrons. The first-order chi connectivity index (χ1) is 26.2. The Labute approximate surface area is 332 Å². The highest BCUT2D eigenvalue weighted by molar-refractivity contribution is 5.76. The largest absolute Gasteiger partial charge is 0.394 e. The lowest BCUT2D eigenvalue weighted by Crippen LogP contribution is -2.45. The van der Waals surface area contributed by atoms with E-state index in [0.717, 1.165) is 25.7 Å². The average molecular weight is 746 g/mol. The molecule has 4 heteroatoms. The van der Waals surface area contributed by atoms with Crippen molar-refractivity contribution in [2.45, 2.75) is 276 Å². The molecule has 0 fully saturated rings. The minimum Gasteiger partial charge on any atom is -0.394 e. The van der Waals surface area contributed by atoms with Crippen LogP contribution in [0.3, 0.4) is 0 Å². The van der Waals surface area contributed by atoms with Gasteiger partial charge in [-0.25, -0.2) is 0 Å². The zero-order chi connectivity index (χ0) is 38.6. The molecule has 0 saturated carbocycles. The van der Waals surface area contributed by atoms with Gasteiger partial charge in [-0.05, 0) is 44.9 Å². The number of hydrogen-bond donors (Lipinski definition) is 3. The molecule has 0 aliphatic heterocycles. The minimum atomic E-state index is -0.837. The van der Waals surface area contributed by atoms with Gasteiger partial charge in [0.05, 0.1) is 18.8 Å². The molecule has 0 heterocycles. The van der Waals surface area contributed by atoms with E-state index in [1.165, 1.54) is 218 Å². The van der Waals surface area contributed by atoms with Gasteiger partial charge in [-0.1, -0.05) is 237 Å². The van der Waals surface area contributed by atoms with Crippen molar-refractivity contribution in [2.24, 2.45) is 0 Å². The Balaban J connectivity index is 3.51. The van der Waals surface area contributed by atoms with E-state index in [4.69, 9.17) is 0 Å². The van der Waals surface area contributed by atoms with Crippen molar-refractivity contribution < 1.29 is 15.0 Å². The molecule has 0 aromatic heterocycles.